The minimum Gasteiger partial charge on any atom is -0.340 e. The smallest absolute Gasteiger partial charge is 0.217 e. The average Bonchev–Trinajstić information content (AvgIpc) is 3.19. The van der Waals surface area contributed by atoms with Gasteiger partial charge in [0, 0.05) is 6.42 Å². The highest BCUT2D eigenvalue weighted by Crippen LogP contribution is 2.50. The number of hydrogen-bond acceptors (Lipinski definition) is 2. The van der Waals surface area contributed by atoms with E-state index in [1.165, 1.54) is 0 Å². The van der Waals surface area contributed by atoms with Gasteiger partial charge in [0.25, 0.3) is 0 Å². The largest absolute Gasteiger partial charge is 0.340 e. The van der Waals surface area contributed by atoms with Crippen molar-refractivity contribution < 1.29 is 9.53 Å². The second kappa shape index (κ2) is 6.17. The highest BCUT2D eigenvalue weighted by Gasteiger charge is 2.61. The van der Waals surface area contributed by atoms with Gasteiger partial charge in [0.2, 0.25) is 5.60 Å². The van der Waals surface area contributed by atoms with Crippen LogP contribution in [0, 0.1) is 11.5 Å². The summed E-state index contributed by atoms with van der Waals surface area (Å²) in [7, 11) is -1.53. The van der Waals surface area contributed by atoms with Gasteiger partial charge in [-0.25, -0.2) is 0 Å². The van der Waals surface area contributed by atoms with E-state index in [2.05, 4.69) is 38.0 Å². The Morgan fingerprint density at radius 2 is 1.95 bits per heavy atom. The molecule has 112 valence electrons. The number of carbonyl (C=O) groups is 1. The molecule has 0 spiro atoms. The van der Waals surface area contributed by atoms with Crippen molar-refractivity contribution in [3.8, 4) is 11.5 Å². The van der Waals surface area contributed by atoms with Crippen molar-refractivity contribution in [3.05, 3.63) is 35.9 Å². The molecule has 1 fully saturated rings. The first-order valence-electron chi connectivity index (χ1n) is 7.69. The number of ether oxygens (including phenoxy) is 1. The summed E-state index contributed by atoms with van der Waals surface area (Å²) < 4.78 is 5.84. The summed E-state index contributed by atoms with van der Waals surface area (Å²) in [5.41, 5.74) is 3.49. The van der Waals surface area contributed by atoms with Gasteiger partial charge in [-0.05, 0) is 12.0 Å². The molecular weight excluding hydrogens is 276 g/mol. The van der Waals surface area contributed by atoms with Crippen LogP contribution in [0.3, 0.4) is 0 Å². The van der Waals surface area contributed by atoms with Crippen LogP contribution in [0.5, 0.6) is 0 Å². The number of hydrogen-bond donors (Lipinski definition) is 0. The van der Waals surface area contributed by atoms with Gasteiger partial charge in [-0.15, -0.1) is 5.54 Å². The molecule has 21 heavy (non-hydrogen) atoms. The molecule has 1 heterocycles. The maximum atomic E-state index is 12.6. The van der Waals surface area contributed by atoms with Crippen molar-refractivity contribution in [2.45, 2.75) is 57.5 Å². The highest BCUT2D eigenvalue weighted by molar-refractivity contribution is 6.83. The van der Waals surface area contributed by atoms with Crippen LogP contribution in [0.1, 0.15) is 37.9 Å². The van der Waals surface area contributed by atoms with Crippen molar-refractivity contribution in [1.29, 1.82) is 0 Å². The second-order valence-electron chi connectivity index (χ2n) is 6.67. The maximum absolute atomic E-state index is 12.6. The summed E-state index contributed by atoms with van der Waals surface area (Å²) in [5, 5.41) is 0. The van der Waals surface area contributed by atoms with Gasteiger partial charge in [0.15, 0.2) is 5.78 Å². The van der Waals surface area contributed by atoms with Crippen LogP contribution in [-0.2, 0) is 9.53 Å². The zero-order valence-corrected chi connectivity index (χ0v) is 14.4. The van der Waals surface area contributed by atoms with Crippen molar-refractivity contribution in [3.63, 3.8) is 0 Å². The topological polar surface area (TPSA) is 29.6 Å². The minimum atomic E-state index is -1.53. The molecule has 0 radical (unpaired) electrons. The van der Waals surface area contributed by atoms with Gasteiger partial charge in [-0.1, -0.05) is 69.2 Å². The van der Waals surface area contributed by atoms with Gasteiger partial charge in [0.1, 0.15) is 14.2 Å². The van der Waals surface area contributed by atoms with Crippen LogP contribution >= 0.6 is 0 Å². The van der Waals surface area contributed by atoms with Gasteiger partial charge in [0.05, 0.1) is 0 Å². The third kappa shape index (κ3) is 3.84. The van der Waals surface area contributed by atoms with Gasteiger partial charge >= 0.3 is 0 Å². The van der Waals surface area contributed by atoms with E-state index < -0.39 is 13.7 Å². The predicted molar refractivity (Wildman–Crippen MR) is 88.7 cm³/mol. The quantitative estimate of drug-likeness (QED) is 0.465. The standard InChI is InChI=1S/C18H24O2Si/c1-5-6-12-16(19)18(13-14-21(2,3)4)17(20-18)15-10-8-7-9-11-15/h7-11,17H,5-6,12H2,1-4H3/t17?,18-/m1/s1. The Bertz CT molecular complexity index is 562. The van der Waals surface area contributed by atoms with Crippen LogP contribution < -0.4 is 0 Å². The third-order valence-electron chi connectivity index (χ3n) is 3.51. The van der Waals surface area contributed by atoms with E-state index in [1.807, 2.05) is 30.3 Å². The molecule has 0 amide bonds. The summed E-state index contributed by atoms with van der Waals surface area (Å²) in [6.45, 7) is 8.65. The zero-order chi connectivity index (χ0) is 15.5. The summed E-state index contributed by atoms with van der Waals surface area (Å²) in [6.07, 6.45) is 2.28. The Balaban J connectivity index is 2.25. The van der Waals surface area contributed by atoms with Crippen LogP contribution in [0.25, 0.3) is 0 Å². The van der Waals surface area contributed by atoms with E-state index in [1.54, 1.807) is 0 Å². The van der Waals surface area contributed by atoms with Crippen molar-refractivity contribution in [1.82, 2.24) is 0 Å². The molecule has 1 saturated heterocycles. The number of epoxide rings is 1. The molecular formula is C18H24O2Si. The van der Waals surface area contributed by atoms with Crippen LogP contribution in [0.4, 0.5) is 0 Å². The molecule has 0 aliphatic carbocycles. The van der Waals surface area contributed by atoms with Crippen molar-refractivity contribution in [2.75, 3.05) is 0 Å². The first-order chi connectivity index (χ1) is 9.89. The molecule has 3 heteroatoms. The molecule has 1 aromatic rings. The van der Waals surface area contributed by atoms with Crippen LogP contribution in [0.15, 0.2) is 30.3 Å². The van der Waals surface area contributed by atoms with Crippen LogP contribution in [0.2, 0.25) is 19.6 Å². The zero-order valence-electron chi connectivity index (χ0n) is 13.4. The van der Waals surface area contributed by atoms with E-state index in [-0.39, 0.29) is 11.9 Å². The lowest BCUT2D eigenvalue weighted by molar-refractivity contribution is -0.122. The Hall–Kier alpha value is -1.37. The molecule has 2 atom stereocenters. The van der Waals surface area contributed by atoms with E-state index >= 15 is 0 Å². The van der Waals surface area contributed by atoms with Crippen molar-refractivity contribution >= 4 is 13.9 Å². The molecule has 1 aromatic carbocycles. The molecule has 0 saturated carbocycles. The second-order valence-corrected chi connectivity index (χ2v) is 11.4. The molecule has 0 bridgehead atoms. The number of Topliss-reactive ketones (excluding diaryl/α,β-unsaturated/α-hetero) is 1. The van der Waals surface area contributed by atoms with Crippen LogP contribution in [-0.4, -0.2) is 19.5 Å². The monoisotopic (exact) mass is 300 g/mol. The fourth-order valence-electron chi connectivity index (χ4n) is 2.26. The predicted octanol–water partition coefficient (Wildman–Crippen LogP) is 4.14. The summed E-state index contributed by atoms with van der Waals surface area (Å²) in [6, 6.07) is 9.94. The number of rotatable bonds is 5. The lowest BCUT2D eigenvalue weighted by Crippen LogP contribution is -2.26. The normalized spacial score (nSPS) is 24.1. The first kappa shape index (κ1) is 16.0. The fourth-order valence-corrected chi connectivity index (χ4v) is 2.82. The number of benzene rings is 1. The van der Waals surface area contributed by atoms with E-state index in [0.717, 1.165) is 18.4 Å². The van der Waals surface area contributed by atoms with E-state index in [4.69, 9.17) is 4.74 Å². The molecule has 0 N–H and O–H groups in total. The first-order valence-corrected chi connectivity index (χ1v) is 11.2. The SMILES string of the molecule is CCCCC(=O)[C@@]1(C#C[Si](C)(C)C)OC1c1ccccc1. The lowest BCUT2D eigenvalue weighted by atomic mass is 9.93. The molecule has 0 aromatic heterocycles. The molecule has 1 aliphatic heterocycles. The number of ketones is 1. The van der Waals surface area contributed by atoms with Gasteiger partial charge < -0.3 is 4.74 Å². The highest BCUT2D eigenvalue weighted by atomic mass is 28.3. The van der Waals surface area contributed by atoms with Gasteiger partial charge in [-0.2, -0.15) is 0 Å². The minimum absolute atomic E-state index is 0.143. The number of carbonyl (C=O) groups excluding carboxylic acids is 1. The van der Waals surface area contributed by atoms with E-state index in [9.17, 15) is 4.79 Å². The van der Waals surface area contributed by atoms with E-state index in [0.29, 0.717) is 6.42 Å². The van der Waals surface area contributed by atoms with Gasteiger partial charge in [-0.3, -0.25) is 4.79 Å². The Labute approximate surface area is 128 Å². The Kier molecular flexibility index (Phi) is 4.70. The summed E-state index contributed by atoms with van der Waals surface area (Å²) in [5.74, 6) is 3.35. The third-order valence-corrected chi connectivity index (χ3v) is 4.39. The molecule has 1 aliphatic rings. The lowest BCUT2D eigenvalue weighted by Gasteiger charge is -2.08. The Morgan fingerprint density at radius 1 is 1.29 bits per heavy atom. The summed E-state index contributed by atoms with van der Waals surface area (Å²) >= 11 is 0. The molecule has 1 unspecified atom stereocenters. The average molecular weight is 300 g/mol. The molecule has 2 nitrogen and oxygen atoms in total. The maximum Gasteiger partial charge on any atom is 0.217 e. The van der Waals surface area contributed by atoms with Crippen molar-refractivity contribution in [2.24, 2.45) is 0 Å². The number of unbranched alkanes of at least 4 members (excludes halogenated alkanes) is 1. The fraction of sp³-hybridized carbons (Fsp3) is 0.500. The molecule has 2 rings (SSSR count). The summed E-state index contributed by atoms with van der Waals surface area (Å²) in [4.78, 5) is 12.6. The Morgan fingerprint density at radius 3 is 2.52 bits per heavy atom.